The predicted molar refractivity (Wildman–Crippen MR) is 116 cm³/mol. The molecule has 0 bridgehead atoms. The molecular weight excluding hydrogens is 436 g/mol. The molecule has 4 rings (SSSR count). The van der Waals surface area contributed by atoms with Gasteiger partial charge in [0.1, 0.15) is 11.3 Å². The maximum Gasteiger partial charge on any atom is 0.276 e. The van der Waals surface area contributed by atoms with E-state index < -0.39 is 0 Å². The quantitative estimate of drug-likeness (QED) is 0.612. The average Bonchev–Trinajstić information content (AvgIpc) is 3.12. The van der Waals surface area contributed by atoms with Crippen LogP contribution in [0.5, 0.6) is 5.75 Å². The van der Waals surface area contributed by atoms with Gasteiger partial charge in [-0.3, -0.25) is 14.4 Å². The molecule has 0 saturated carbocycles. The van der Waals surface area contributed by atoms with Gasteiger partial charge in [-0.25, -0.2) is 0 Å². The Labute approximate surface area is 177 Å². The molecule has 0 aliphatic carbocycles. The molecule has 8 heteroatoms. The average molecular weight is 459 g/mol. The van der Waals surface area contributed by atoms with Gasteiger partial charge in [0, 0.05) is 35.2 Å². The van der Waals surface area contributed by atoms with E-state index in [-0.39, 0.29) is 5.91 Å². The van der Waals surface area contributed by atoms with Crippen LogP contribution in [0.1, 0.15) is 10.5 Å². The molecule has 1 saturated heterocycles. The minimum Gasteiger partial charge on any atom is -0.494 e. The van der Waals surface area contributed by atoms with Crippen LogP contribution in [0, 0.1) is 0 Å². The lowest BCUT2D eigenvalue weighted by Gasteiger charge is -2.26. The van der Waals surface area contributed by atoms with E-state index in [9.17, 15) is 4.79 Å². The molecule has 0 atom stereocenters. The third kappa shape index (κ3) is 4.44. The second kappa shape index (κ2) is 8.94. The van der Waals surface area contributed by atoms with Crippen molar-refractivity contribution >= 4 is 38.4 Å². The van der Waals surface area contributed by atoms with Crippen LogP contribution in [0.2, 0.25) is 0 Å². The summed E-state index contributed by atoms with van der Waals surface area (Å²) >= 11 is 3.43. The molecule has 152 valence electrons. The number of para-hydroxylation sites is 1. The molecule has 1 N–H and O–H groups in total. The zero-order chi connectivity index (χ0) is 20.2. The van der Waals surface area contributed by atoms with Crippen molar-refractivity contribution in [2.45, 2.75) is 6.54 Å². The van der Waals surface area contributed by atoms with Crippen LogP contribution in [-0.2, 0) is 11.3 Å². The zero-order valence-corrected chi connectivity index (χ0v) is 17.8. The van der Waals surface area contributed by atoms with Crippen LogP contribution < -0.4 is 10.1 Å². The second-order valence-electron chi connectivity index (χ2n) is 6.85. The Kier molecular flexibility index (Phi) is 6.13. The van der Waals surface area contributed by atoms with Gasteiger partial charge in [0.05, 0.1) is 26.9 Å². The fraction of sp³-hybridized carbons (Fsp3) is 0.333. The Bertz CT molecular complexity index is 1010. The Hall–Kier alpha value is -2.42. The number of nitrogens with zero attached hydrogens (tertiary/aromatic N) is 3. The number of methoxy groups -OCH3 is 1. The van der Waals surface area contributed by atoms with Gasteiger partial charge in [0.15, 0.2) is 5.69 Å². The third-order valence-corrected chi connectivity index (χ3v) is 5.48. The predicted octanol–water partition coefficient (Wildman–Crippen LogP) is 3.39. The number of aromatic nitrogens is 2. The maximum absolute atomic E-state index is 13.0. The fourth-order valence-corrected chi connectivity index (χ4v) is 3.92. The van der Waals surface area contributed by atoms with Crippen LogP contribution in [0.25, 0.3) is 10.9 Å². The highest BCUT2D eigenvalue weighted by molar-refractivity contribution is 9.10. The molecule has 1 amide bonds. The van der Waals surface area contributed by atoms with Crippen LogP contribution in [0.3, 0.4) is 0 Å². The van der Waals surface area contributed by atoms with Crippen molar-refractivity contribution in [1.82, 2.24) is 14.7 Å². The number of benzene rings is 2. The Morgan fingerprint density at radius 2 is 2.00 bits per heavy atom. The molecule has 0 unspecified atom stereocenters. The summed E-state index contributed by atoms with van der Waals surface area (Å²) in [7, 11) is 1.63. The molecule has 0 radical (unpaired) electrons. The number of fused-ring (bicyclic) bond motifs is 1. The lowest BCUT2D eigenvalue weighted by molar-refractivity contribution is 0.0361. The molecule has 1 fully saturated rings. The molecule has 7 nitrogen and oxygen atoms in total. The zero-order valence-electron chi connectivity index (χ0n) is 16.2. The van der Waals surface area contributed by atoms with Crippen LogP contribution in [0.15, 0.2) is 46.9 Å². The summed E-state index contributed by atoms with van der Waals surface area (Å²) in [5, 5.41) is 8.37. The first-order chi connectivity index (χ1) is 14.2. The van der Waals surface area contributed by atoms with E-state index in [0.717, 1.165) is 48.2 Å². The van der Waals surface area contributed by atoms with Gasteiger partial charge in [-0.05, 0) is 24.3 Å². The number of amides is 1. The normalized spacial score (nSPS) is 14.8. The highest BCUT2D eigenvalue weighted by Crippen LogP contribution is 2.29. The van der Waals surface area contributed by atoms with E-state index in [0.29, 0.717) is 23.7 Å². The molecule has 1 aliphatic heterocycles. The SMILES string of the molecule is COc1cccc2c(C(=O)Nc3cccc(Br)c3)nn(CCN3CCOCC3)c12. The first-order valence-corrected chi connectivity index (χ1v) is 10.4. The lowest BCUT2D eigenvalue weighted by atomic mass is 10.2. The van der Waals surface area contributed by atoms with E-state index in [2.05, 4.69) is 31.2 Å². The summed E-state index contributed by atoms with van der Waals surface area (Å²) in [5.74, 6) is 0.463. The van der Waals surface area contributed by atoms with Crippen molar-refractivity contribution in [3.63, 3.8) is 0 Å². The highest BCUT2D eigenvalue weighted by Gasteiger charge is 2.21. The van der Waals surface area contributed by atoms with Crippen molar-refractivity contribution in [3.8, 4) is 5.75 Å². The second-order valence-corrected chi connectivity index (χ2v) is 7.76. The summed E-state index contributed by atoms with van der Waals surface area (Å²) in [6.07, 6.45) is 0. The van der Waals surface area contributed by atoms with E-state index in [1.165, 1.54) is 0 Å². The Morgan fingerprint density at radius 3 is 2.76 bits per heavy atom. The number of morpholine rings is 1. The summed E-state index contributed by atoms with van der Waals surface area (Å²) in [6.45, 7) is 4.83. The number of nitrogens with one attached hydrogen (secondary N) is 1. The lowest BCUT2D eigenvalue weighted by Crippen LogP contribution is -2.38. The summed E-state index contributed by atoms with van der Waals surface area (Å²) in [5.41, 5.74) is 1.94. The number of hydrogen-bond acceptors (Lipinski definition) is 5. The number of halogens is 1. The number of carbonyl (C=O) groups excluding carboxylic acids is 1. The van der Waals surface area contributed by atoms with E-state index in [1.54, 1.807) is 7.11 Å². The summed E-state index contributed by atoms with van der Waals surface area (Å²) < 4.78 is 13.7. The van der Waals surface area contributed by atoms with Gasteiger partial charge in [-0.15, -0.1) is 0 Å². The number of ether oxygens (including phenoxy) is 2. The highest BCUT2D eigenvalue weighted by atomic mass is 79.9. The van der Waals surface area contributed by atoms with Crippen molar-refractivity contribution < 1.29 is 14.3 Å². The van der Waals surface area contributed by atoms with Gasteiger partial charge >= 0.3 is 0 Å². The molecular formula is C21H23BrN4O3. The van der Waals surface area contributed by atoms with Gasteiger partial charge in [0.25, 0.3) is 5.91 Å². The summed E-state index contributed by atoms with van der Waals surface area (Å²) in [4.78, 5) is 15.3. The summed E-state index contributed by atoms with van der Waals surface area (Å²) in [6, 6.07) is 13.2. The van der Waals surface area contributed by atoms with Crippen LogP contribution in [-0.4, -0.2) is 60.5 Å². The smallest absolute Gasteiger partial charge is 0.276 e. The largest absolute Gasteiger partial charge is 0.494 e. The van der Waals surface area contributed by atoms with Crippen LogP contribution >= 0.6 is 15.9 Å². The van der Waals surface area contributed by atoms with E-state index in [1.807, 2.05) is 47.1 Å². The van der Waals surface area contributed by atoms with Crippen molar-refractivity contribution in [1.29, 1.82) is 0 Å². The van der Waals surface area contributed by atoms with Gasteiger partial charge in [-0.1, -0.05) is 34.1 Å². The minimum absolute atomic E-state index is 0.244. The minimum atomic E-state index is -0.244. The molecule has 3 aromatic rings. The van der Waals surface area contributed by atoms with E-state index >= 15 is 0 Å². The van der Waals surface area contributed by atoms with E-state index in [4.69, 9.17) is 9.47 Å². The standard InChI is InChI=1S/C21H23BrN4O3/c1-28-18-7-3-6-17-19(21(27)23-16-5-2-4-15(22)14-16)24-26(20(17)18)9-8-25-10-12-29-13-11-25/h2-7,14H,8-13H2,1H3,(H,23,27). The topological polar surface area (TPSA) is 68.6 Å². The molecule has 1 aliphatic rings. The number of hydrogen-bond donors (Lipinski definition) is 1. The molecule has 0 spiro atoms. The fourth-order valence-electron chi connectivity index (χ4n) is 3.52. The van der Waals surface area contributed by atoms with Gasteiger partial charge in [-0.2, -0.15) is 5.10 Å². The third-order valence-electron chi connectivity index (χ3n) is 4.98. The number of carbonyl (C=O) groups is 1. The maximum atomic E-state index is 13.0. The number of rotatable bonds is 6. The molecule has 29 heavy (non-hydrogen) atoms. The monoisotopic (exact) mass is 458 g/mol. The van der Waals surface area contributed by atoms with Crippen LogP contribution in [0.4, 0.5) is 5.69 Å². The molecule has 2 heterocycles. The van der Waals surface area contributed by atoms with Gasteiger partial charge in [0.2, 0.25) is 0 Å². The van der Waals surface area contributed by atoms with Gasteiger partial charge < -0.3 is 14.8 Å². The van der Waals surface area contributed by atoms with Crippen molar-refractivity contribution in [3.05, 3.63) is 52.6 Å². The Balaban J connectivity index is 1.64. The van der Waals surface area contributed by atoms with Crippen molar-refractivity contribution in [2.75, 3.05) is 45.3 Å². The first-order valence-electron chi connectivity index (χ1n) is 9.56. The Morgan fingerprint density at radius 1 is 1.21 bits per heavy atom. The first kappa shape index (κ1) is 19.9. The molecule has 2 aromatic carbocycles. The number of anilines is 1. The van der Waals surface area contributed by atoms with Crippen molar-refractivity contribution in [2.24, 2.45) is 0 Å². The molecule has 1 aromatic heterocycles.